The Labute approximate surface area is 183 Å². The first kappa shape index (κ1) is 21.6. The molecule has 0 fully saturated rings. The quantitative estimate of drug-likeness (QED) is 0.361. The summed E-state index contributed by atoms with van der Waals surface area (Å²) in [6.07, 6.45) is 0. The molecule has 0 bridgehead atoms. The summed E-state index contributed by atoms with van der Waals surface area (Å²) >= 11 is 6.74. The number of nitrogens with zero attached hydrogens (tertiary/aromatic N) is 1. The van der Waals surface area contributed by atoms with Crippen molar-refractivity contribution in [2.45, 2.75) is 10.8 Å². The normalized spacial score (nSPS) is 10.8. The van der Waals surface area contributed by atoms with Gasteiger partial charge in [0, 0.05) is 12.2 Å². The van der Waals surface area contributed by atoms with E-state index in [1.54, 1.807) is 36.4 Å². The van der Waals surface area contributed by atoms with E-state index in [1.165, 1.54) is 19.2 Å². The van der Waals surface area contributed by atoms with Gasteiger partial charge in [-0.1, -0.05) is 29.8 Å². The van der Waals surface area contributed by atoms with Crippen LogP contribution in [0.2, 0.25) is 4.34 Å². The van der Waals surface area contributed by atoms with E-state index in [4.69, 9.17) is 27.0 Å². The number of amidine groups is 1. The molecule has 0 aliphatic carbocycles. The largest absolute Gasteiger partial charge is 0.496 e. The second kappa shape index (κ2) is 9.17. The number of sulfonamides is 1. The topological polar surface area (TPSA) is 115 Å². The molecule has 0 amide bonds. The molecule has 0 aliphatic heterocycles. The molecule has 30 heavy (non-hydrogen) atoms. The molecular formula is C20H17ClN4O3S2. The molecule has 3 aromatic rings. The smallest absolute Gasteiger partial charge is 0.272 e. The van der Waals surface area contributed by atoms with E-state index in [2.05, 4.69) is 16.1 Å². The fourth-order valence-electron chi connectivity index (χ4n) is 2.73. The summed E-state index contributed by atoms with van der Waals surface area (Å²) in [4.78, 5) is 0. The van der Waals surface area contributed by atoms with Crippen molar-refractivity contribution < 1.29 is 13.2 Å². The van der Waals surface area contributed by atoms with Crippen molar-refractivity contribution in [1.82, 2.24) is 4.72 Å². The van der Waals surface area contributed by atoms with Gasteiger partial charge in [0.15, 0.2) is 0 Å². The molecule has 154 valence electrons. The van der Waals surface area contributed by atoms with Crippen molar-refractivity contribution in [1.29, 1.82) is 10.7 Å². The molecule has 0 spiro atoms. The van der Waals surface area contributed by atoms with E-state index in [1.807, 2.05) is 6.07 Å². The Kier molecular flexibility index (Phi) is 6.62. The molecule has 0 saturated heterocycles. The number of rotatable bonds is 7. The molecule has 0 saturated carbocycles. The first-order chi connectivity index (χ1) is 14.3. The molecule has 1 heterocycles. The number of hydrogen-bond acceptors (Lipinski definition) is 7. The van der Waals surface area contributed by atoms with E-state index in [0.717, 1.165) is 16.9 Å². The molecule has 2 aromatic carbocycles. The highest BCUT2D eigenvalue weighted by molar-refractivity contribution is 7.92. The van der Waals surface area contributed by atoms with Crippen LogP contribution in [-0.2, 0) is 16.6 Å². The molecule has 1 aromatic heterocycles. The minimum atomic E-state index is -3.96. The predicted molar refractivity (Wildman–Crippen MR) is 118 cm³/mol. The van der Waals surface area contributed by atoms with Gasteiger partial charge in [0.2, 0.25) is 0 Å². The molecule has 0 atom stereocenters. The van der Waals surface area contributed by atoms with Gasteiger partial charge >= 0.3 is 0 Å². The first-order valence-corrected chi connectivity index (χ1v) is 11.3. The Hall–Kier alpha value is -3.06. The van der Waals surface area contributed by atoms with Crippen LogP contribution >= 0.6 is 22.9 Å². The number of methoxy groups -OCH3 is 1. The average Bonchev–Trinajstić information content (AvgIpc) is 3.19. The maximum atomic E-state index is 12.6. The van der Waals surface area contributed by atoms with Crippen molar-refractivity contribution >= 4 is 44.5 Å². The van der Waals surface area contributed by atoms with Crippen LogP contribution in [0.4, 0.5) is 5.69 Å². The summed E-state index contributed by atoms with van der Waals surface area (Å²) in [6, 6.07) is 17.2. The highest BCUT2D eigenvalue weighted by atomic mass is 35.5. The third-order valence-electron chi connectivity index (χ3n) is 4.09. The minimum absolute atomic E-state index is 0.00924. The highest BCUT2D eigenvalue weighted by Crippen LogP contribution is 2.29. The van der Waals surface area contributed by atoms with Crippen LogP contribution in [0, 0.1) is 16.7 Å². The summed E-state index contributed by atoms with van der Waals surface area (Å²) in [5, 5.41) is 20.6. The number of thiophene rings is 1. The first-order valence-electron chi connectivity index (χ1n) is 8.61. The SMILES string of the molecule is COc1cccc(NCc2cccc(C#N)c2)c1C(=N)NS(=O)(=O)c1ccc(Cl)s1. The van der Waals surface area contributed by atoms with Crippen molar-refractivity contribution in [3.8, 4) is 11.8 Å². The Morgan fingerprint density at radius 2 is 2.00 bits per heavy atom. The van der Waals surface area contributed by atoms with Crippen LogP contribution in [0.5, 0.6) is 5.75 Å². The Balaban J connectivity index is 1.88. The second-order valence-corrected chi connectivity index (χ2v) is 9.71. The molecule has 3 rings (SSSR count). The van der Waals surface area contributed by atoms with Gasteiger partial charge in [0.25, 0.3) is 10.0 Å². The molecular weight excluding hydrogens is 444 g/mol. The lowest BCUT2D eigenvalue weighted by Gasteiger charge is -2.17. The monoisotopic (exact) mass is 460 g/mol. The standard InChI is InChI=1S/C20H17ClN4O3S2/c1-28-16-7-3-6-15(24-12-14-5-2-4-13(10-14)11-22)19(16)20(23)25-30(26,27)18-9-8-17(21)29-18/h2-10,24H,12H2,1H3,(H2,23,25). The maximum Gasteiger partial charge on any atom is 0.272 e. The van der Waals surface area contributed by atoms with Crippen molar-refractivity contribution in [2.75, 3.05) is 12.4 Å². The van der Waals surface area contributed by atoms with Crippen LogP contribution in [0.1, 0.15) is 16.7 Å². The van der Waals surface area contributed by atoms with E-state index < -0.39 is 10.0 Å². The lowest BCUT2D eigenvalue weighted by atomic mass is 10.1. The van der Waals surface area contributed by atoms with Gasteiger partial charge in [-0.25, -0.2) is 8.42 Å². The van der Waals surface area contributed by atoms with E-state index in [-0.39, 0.29) is 15.6 Å². The van der Waals surface area contributed by atoms with Crippen LogP contribution < -0.4 is 14.8 Å². The summed E-state index contributed by atoms with van der Waals surface area (Å²) in [5.41, 5.74) is 2.18. The lowest BCUT2D eigenvalue weighted by Crippen LogP contribution is -2.31. The fourth-order valence-corrected chi connectivity index (χ4v) is 5.20. The third kappa shape index (κ3) is 4.91. The van der Waals surface area contributed by atoms with Crippen LogP contribution in [0.25, 0.3) is 0 Å². The fraction of sp³-hybridized carbons (Fsp3) is 0.100. The Morgan fingerprint density at radius 1 is 1.23 bits per heavy atom. The average molecular weight is 461 g/mol. The van der Waals surface area contributed by atoms with Gasteiger partial charge in [-0.2, -0.15) is 5.26 Å². The van der Waals surface area contributed by atoms with Crippen LogP contribution in [-0.4, -0.2) is 21.4 Å². The van der Waals surface area contributed by atoms with E-state index >= 15 is 0 Å². The lowest BCUT2D eigenvalue weighted by molar-refractivity contribution is 0.414. The maximum absolute atomic E-state index is 12.6. The number of ether oxygens (including phenoxy) is 1. The van der Waals surface area contributed by atoms with Crippen molar-refractivity contribution in [3.63, 3.8) is 0 Å². The highest BCUT2D eigenvalue weighted by Gasteiger charge is 2.22. The molecule has 10 heteroatoms. The third-order valence-corrected chi connectivity index (χ3v) is 7.16. The number of benzene rings is 2. The van der Waals surface area contributed by atoms with Gasteiger partial charge in [-0.15, -0.1) is 11.3 Å². The van der Waals surface area contributed by atoms with Crippen LogP contribution in [0.15, 0.2) is 58.8 Å². The van der Waals surface area contributed by atoms with Gasteiger partial charge < -0.3 is 10.1 Å². The molecule has 0 unspecified atom stereocenters. The molecule has 0 radical (unpaired) electrons. The number of halogens is 1. The summed E-state index contributed by atoms with van der Waals surface area (Å²) in [7, 11) is -2.52. The van der Waals surface area contributed by atoms with E-state index in [0.29, 0.717) is 27.9 Å². The number of anilines is 1. The second-order valence-electron chi connectivity index (χ2n) is 6.09. The zero-order valence-electron chi connectivity index (χ0n) is 15.8. The Bertz CT molecular complexity index is 1230. The number of nitrogens with one attached hydrogen (secondary N) is 3. The Morgan fingerprint density at radius 3 is 2.67 bits per heavy atom. The predicted octanol–water partition coefficient (Wildman–Crippen LogP) is 4.20. The minimum Gasteiger partial charge on any atom is -0.496 e. The zero-order chi connectivity index (χ0) is 21.7. The summed E-state index contributed by atoms with van der Waals surface area (Å²) in [5.74, 6) is -0.00654. The molecule has 0 aliphatic rings. The molecule has 7 nitrogen and oxygen atoms in total. The van der Waals surface area contributed by atoms with Crippen LogP contribution in [0.3, 0.4) is 0 Å². The zero-order valence-corrected chi connectivity index (χ0v) is 18.2. The van der Waals surface area contributed by atoms with Gasteiger partial charge in [0.1, 0.15) is 15.8 Å². The van der Waals surface area contributed by atoms with Crippen molar-refractivity contribution in [3.05, 3.63) is 75.6 Å². The van der Waals surface area contributed by atoms with E-state index in [9.17, 15) is 8.42 Å². The van der Waals surface area contributed by atoms with Gasteiger partial charge in [-0.05, 0) is 42.0 Å². The van der Waals surface area contributed by atoms with Crippen molar-refractivity contribution in [2.24, 2.45) is 0 Å². The van der Waals surface area contributed by atoms with Gasteiger partial charge in [-0.3, -0.25) is 10.1 Å². The van der Waals surface area contributed by atoms with Gasteiger partial charge in [0.05, 0.1) is 28.6 Å². The number of hydrogen-bond donors (Lipinski definition) is 3. The molecule has 3 N–H and O–H groups in total. The summed E-state index contributed by atoms with van der Waals surface area (Å²) in [6.45, 7) is 0.371. The summed E-state index contributed by atoms with van der Waals surface area (Å²) < 4.78 is 33.2. The number of nitriles is 1.